The Morgan fingerprint density at radius 3 is 2.81 bits per heavy atom. The highest BCUT2D eigenvalue weighted by Gasteiger charge is 2.15. The molecule has 10 heteroatoms. The van der Waals surface area contributed by atoms with E-state index in [1.807, 2.05) is 35.2 Å². The Hall–Kier alpha value is -2.94. The fourth-order valence-electron chi connectivity index (χ4n) is 3.24. The Kier molecular flexibility index (Phi) is 6.50. The minimum Gasteiger partial charge on any atom is -0.383 e. The lowest BCUT2D eigenvalue weighted by molar-refractivity contribution is 0.205. The van der Waals surface area contributed by atoms with E-state index in [2.05, 4.69) is 25.1 Å². The van der Waals surface area contributed by atoms with E-state index in [0.29, 0.717) is 47.9 Å². The van der Waals surface area contributed by atoms with Crippen LogP contribution < -0.4 is 10.6 Å². The van der Waals surface area contributed by atoms with Gasteiger partial charge in [-0.25, -0.2) is 0 Å². The van der Waals surface area contributed by atoms with Crippen LogP contribution in [0.4, 0.5) is 11.9 Å². The Morgan fingerprint density at radius 2 is 1.97 bits per heavy atom. The second kappa shape index (κ2) is 9.47. The van der Waals surface area contributed by atoms with Gasteiger partial charge in [0.25, 0.3) is 0 Å². The van der Waals surface area contributed by atoms with Crippen LogP contribution in [0, 0.1) is 0 Å². The molecule has 2 aromatic heterocycles. The number of aromatic amines is 1. The topological polar surface area (TPSA) is 106 Å². The van der Waals surface area contributed by atoms with Crippen molar-refractivity contribution in [3.05, 3.63) is 58.2 Å². The summed E-state index contributed by atoms with van der Waals surface area (Å²) in [4.78, 5) is 15.4. The van der Waals surface area contributed by atoms with Crippen molar-refractivity contribution in [2.24, 2.45) is 0 Å². The van der Waals surface area contributed by atoms with E-state index in [1.165, 1.54) is 0 Å². The summed E-state index contributed by atoms with van der Waals surface area (Å²) in [5.74, 6) is 1.11. The van der Waals surface area contributed by atoms with Gasteiger partial charge < -0.3 is 15.4 Å². The Balaban J connectivity index is 1.63. The second-order valence-electron chi connectivity index (χ2n) is 6.93. The largest absolute Gasteiger partial charge is 0.383 e. The summed E-state index contributed by atoms with van der Waals surface area (Å²) in [6.45, 7) is 1.69. The van der Waals surface area contributed by atoms with Crippen molar-refractivity contribution in [3.8, 4) is 11.4 Å². The maximum atomic E-state index is 6.35. The summed E-state index contributed by atoms with van der Waals surface area (Å²) in [5.41, 5.74) is 8.69. The predicted octanol–water partition coefficient (Wildman–Crippen LogP) is 4.00. The highest BCUT2D eigenvalue weighted by atomic mass is 35.5. The zero-order valence-corrected chi connectivity index (χ0v) is 18.4. The number of hydrogen-bond donors (Lipinski definition) is 2. The van der Waals surface area contributed by atoms with Crippen molar-refractivity contribution in [3.63, 3.8) is 0 Å². The average molecular weight is 458 g/mol. The zero-order chi connectivity index (χ0) is 21.8. The lowest BCUT2D eigenvalue weighted by atomic mass is 10.1. The van der Waals surface area contributed by atoms with E-state index >= 15 is 0 Å². The van der Waals surface area contributed by atoms with Crippen LogP contribution >= 0.6 is 23.2 Å². The van der Waals surface area contributed by atoms with Crippen molar-refractivity contribution in [2.75, 3.05) is 37.4 Å². The molecule has 0 radical (unpaired) electrons. The summed E-state index contributed by atoms with van der Waals surface area (Å²) in [7, 11) is 1.65. The number of halogens is 2. The molecule has 0 atom stereocenters. The molecule has 0 aliphatic carbocycles. The Labute approximate surface area is 189 Å². The number of benzene rings is 2. The fraction of sp³-hybridized carbons (Fsp3) is 0.238. The Morgan fingerprint density at radius 1 is 1.10 bits per heavy atom. The SMILES string of the molecule is COCCN(CCc1cccc(Cl)c1Cl)c1nc(N)nc(-c2ccc3cn[nH]c3c2)n1. The van der Waals surface area contributed by atoms with Gasteiger partial charge in [0.1, 0.15) is 0 Å². The van der Waals surface area contributed by atoms with Gasteiger partial charge in [-0.2, -0.15) is 20.1 Å². The monoisotopic (exact) mass is 457 g/mol. The van der Waals surface area contributed by atoms with Crippen molar-refractivity contribution in [2.45, 2.75) is 6.42 Å². The molecule has 4 aromatic rings. The summed E-state index contributed by atoms with van der Waals surface area (Å²) in [6, 6.07) is 11.4. The van der Waals surface area contributed by atoms with Crippen molar-refractivity contribution < 1.29 is 4.74 Å². The van der Waals surface area contributed by atoms with Crippen molar-refractivity contribution >= 4 is 46.0 Å². The van der Waals surface area contributed by atoms with Crippen molar-refractivity contribution in [1.29, 1.82) is 0 Å². The molecule has 160 valence electrons. The van der Waals surface area contributed by atoms with Crippen LogP contribution in [-0.2, 0) is 11.2 Å². The molecule has 0 fully saturated rings. The fourth-order valence-corrected chi connectivity index (χ4v) is 3.65. The van der Waals surface area contributed by atoms with E-state index in [4.69, 9.17) is 33.7 Å². The molecule has 0 aliphatic rings. The maximum absolute atomic E-state index is 6.35. The molecular weight excluding hydrogens is 437 g/mol. The first-order valence-electron chi connectivity index (χ1n) is 9.67. The lowest BCUT2D eigenvalue weighted by Gasteiger charge is -2.23. The highest BCUT2D eigenvalue weighted by Crippen LogP contribution is 2.27. The number of hydrogen-bond acceptors (Lipinski definition) is 7. The third-order valence-corrected chi connectivity index (χ3v) is 5.73. The van der Waals surface area contributed by atoms with Gasteiger partial charge >= 0.3 is 0 Å². The predicted molar refractivity (Wildman–Crippen MR) is 124 cm³/mol. The summed E-state index contributed by atoms with van der Waals surface area (Å²) >= 11 is 12.5. The molecule has 2 heterocycles. The van der Waals surface area contributed by atoms with Gasteiger partial charge in [0, 0.05) is 31.1 Å². The molecule has 4 rings (SSSR count). The van der Waals surface area contributed by atoms with E-state index in [9.17, 15) is 0 Å². The molecule has 0 bridgehead atoms. The summed E-state index contributed by atoms with van der Waals surface area (Å²) < 4.78 is 5.27. The number of nitrogens with one attached hydrogen (secondary N) is 1. The first kappa shape index (κ1) is 21.3. The Bertz CT molecular complexity index is 1200. The quantitative estimate of drug-likeness (QED) is 0.411. The van der Waals surface area contributed by atoms with Crippen LogP contribution in [0.15, 0.2) is 42.6 Å². The number of methoxy groups -OCH3 is 1. The number of nitrogens with two attached hydrogens (primary N) is 1. The van der Waals surface area contributed by atoms with E-state index in [0.717, 1.165) is 22.0 Å². The summed E-state index contributed by atoms with van der Waals surface area (Å²) in [5, 5.41) is 9.10. The molecule has 0 unspecified atom stereocenters. The summed E-state index contributed by atoms with van der Waals surface area (Å²) in [6.07, 6.45) is 2.42. The van der Waals surface area contributed by atoms with Crippen molar-refractivity contribution in [1.82, 2.24) is 25.1 Å². The molecular formula is C21H21Cl2N7O. The number of ether oxygens (including phenoxy) is 1. The van der Waals surface area contributed by atoms with E-state index in [-0.39, 0.29) is 5.95 Å². The van der Waals surface area contributed by atoms with Crippen LogP contribution in [0.2, 0.25) is 10.0 Å². The smallest absolute Gasteiger partial charge is 0.230 e. The standard InChI is InChI=1S/C21H21Cl2N7O/c1-31-10-9-30(8-7-13-3-2-4-16(22)18(13)23)21-27-19(26-20(24)28-21)14-5-6-15-12-25-29-17(15)11-14/h2-6,11-12H,7-10H2,1H3,(H,25,29)(H2,24,26,27,28). The minimum absolute atomic E-state index is 0.146. The number of nitrogens with zero attached hydrogens (tertiary/aromatic N) is 5. The average Bonchev–Trinajstić information content (AvgIpc) is 3.24. The first-order valence-corrected chi connectivity index (χ1v) is 10.4. The third-order valence-electron chi connectivity index (χ3n) is 4.87. The van der Waals surface area contributed by atoms with Gasteiger partial charge in [-0.15, -0.1) is 0 Å². The zero-order valence-electron chi connectivity index (χ0n) is 16.8. The molecule has 0 spiro atoms. The first-order chi connectivity index (χ1) is 15.0. The number of nitrogen functional groups attached to an aromatic ring is 1. The normalized spacial score (nSPS) is 11.2. The number of anilines is 2. The van der Waals surface area contributed by atoms with Gasteiger partial charge in [-0.1, -0.05) is 47.5 Å². The molecule has 0 saturated heterocycles. The number of rotatable bonds is 8. The maximum Gasteiger partial charge on any atom is 0.230 e. The highest BCUT2D eigenvalue weighted by molar-refractivity contribution is 6.42. The number of aromatic nitrogens is 5. The molecule has 0 aliphatic heterocycles. The van der Waals surface area contributed by atoms with Gasteiger partial charge in [-0.3, -0.25) is 5.10 Å². The molecule has 8 nitrogen and oxygen atoms in total. The number of fused-ring (bicyclic) bond motifs is 1. The van der Waals surface area contributed by atoms with E-state index in [1.54, 1.807) is 19.4 Å². The second-order valence-corrected chi connectivity index (χ2v) is 7.72. The van der Waals surface area contributed by atoms with Crippen LogP contribution in [0.25, 0.3) is 22.3 Å². The molecule has 31 heavy (non-hydrogen) atoms. The number of H-pyrrole nitrogens is 1. The van der Waals surface area contributed by atoms with Gasteiger partial charge in [0.15, 0.2) is 5.82 Å². The lowest BCUT2D eigenvalue weighted by Crippen LogP contribution is -2.31. The van der Waals surface area contributed by atoms with Gasteiger partial charge in [0.05, 0.1) is 28.4 Å². The third kappa shape index (κ3) is 4.87. The minimum atomic E-state index is 0.146. The molecule has 3 N–H and O–H groups in total. The van der Waals surface area contributed by atoms with Crippen LogP contribution in [0.5, 0.6) is 0 Å². The van der Waals surface area contributed by atoms with Gasteiger partial charge in [-0.05, 0) is 24.1 Å². The van der Waals surface area contributed by atoms with Crippen LogP contribution in [0.1, 0.15) is 5.56 Å². The molecule has 2 aromatic carbocycles. The molecule has 0 amide bonds. The molecule has 0 saturated carbocycles. The van der Waals surface area contributed by atoms with Crippen LogP contribution in [-0.4, -0.2) is 52.0 Å². The van der Waals surface area contributed by atoms with Gasteiger partial charge in [0.2, 0.25) is 11.9 Å². The van der Waals surface area contributed by atoms with E-state index < -0.39 is 0 Å². The van der Waals surface area contributed by atoms with Crippen LogP contribution in [0.3, 0.4) is 0 Å².